The number of nitro groups is 2. The first kappa shape index (κ1) is 17.7. The number of hydrogen-bond acceptors (Lipinski definition) is 7. The maximum absolute atomic E-state index is 11.9. The Labute approximate surface area is 141 Å². The van der Waals surface area contributed by atoms with E-state index in [0.29, 0.717) is 5.56 Å². The summed E-state index contributed by atoms with van der Waals surface area (Å²) in [6.45, 7) is 1.09. The van der Waals surface area contributed by atoms with Gasteiger partial charge in [0, 0.05) is 23.8 Å². The van der Waals surface area contributed by atoms with Crippen molar-refractivity contribution in [3.05, 3.63) is 62.2 Å². The van der Waals surface area contributed by atoms with Crippen molar-refractivity contribution in [1.29, 1.82) is 0 Å². The van der Waals surface area contributed by atoms with Crippen molar-refractivity contribution in [3.8, 4) is 11.5 Å². The number of rotatable bonds is 6. The molecular formula is C15H13N3O7. The number of nitrogens with one attached hydrogen (secondary N) is 1. The summed E-state index contributed by atoms with van der Waals surface area (Å²) in [5.74, 6) is -0.738. The van der Waals surface area contributed by atoms with Crippen molar-refractivity contribution >= 4 is 23.0 Å². The SMILES string of the molecule is Cc1cc(OCC(=O)Nc2cc([N+](=O)[O-])ccc2O)ccc1[N+](=O)[O-]. The highest BCUT2D eigenvalue weighted by Gasteiger charge is 2.14. The summed E-state index contributed by atoms with van der Waals surface area (Å²) in [4.78, 5) is 32.1. The summed E-state index contributed by atoms with van der Waals surface area (Å²) in [5, 5.41) is 33.4. The van der Waals surface area contributed by atoms with Crippen molar-refractivity contribution in [2.45, 2.75) is 6.92 Å². The molecule has 2 aromatic carbocycles. The Morgan fingerprint density at radius 2 is 1.88 bits per heavy atom. The zero-order chi connectivity index (χ0) is 18.6. The van der Waals surface area contributed by atoms with Crippen molar-refractivity contribution in [3.63, 3.8) is 0 Å². The van der Waals surface area contributed by atoms with Crippen LogP contribution in [0.5, 0.6) is 11.5 Å². The molecule has 2 aromatic rings. The number of nitrogens with zero attached hydrogens (tertiary/aromatic N) is 2. The molecular weight excluding hydrogens is 334 g/mol. The second-order valence-electron chi connectivity index (χ2n) is 5.00. The van der Waals surface area contributed by atoms with Gasteiger partial charge in [0.25, 0.3) is 17.3 Å². The summed E-state index contributed by atoms with van der Waals surface area (Å²) in [5.41, 5.74) is -0.111. The number of non-ortho nitro benzene ring substituents is 1. The van der Waals surface area contributed by atoms with E-state index in [1.165, 1.54) is 25.1 Å². The van der Waals surface area contributed by atoms with E-state index in [9.17, 15) is 30.1 Å². The van der Waals surface area contributed by atoms with Crippen molar-refractivity contribution < 1.29 is 24.5 Å². The number of aromatic hydroxyl groups is 1. The molecule has 0 atom stereocenters. The number of anilines is 1. The zero-order valence-electron chi connectivity index (χ0n) is 13.0. The van der Waals surface area contributed by atoms with Crippen LogP contribution < -0.4 is 10.1 Å². The molecule has 1 amide bonds. The predicted molar refractivity (Wildman–Crippen MR) is 86.7 cm³/mol. The maximum Gasteiger partial charge on any atom is 0.272 e. The second kappa shape index (κ2) is 7.25. The van der Waals surface area contributed by atoms with Crippen LogP contribution in [0.4, 0.5) is 17.1 Å². The van der Waals surface area contributed by atoms with E-state index in [-0.39, 0.29) is 28.6 Å². The van der Waals surface area contributed by atoms with E-state index in [4.69, 9.17) is 4.74 Å². The van der Waals surface area contributed by atoms with Gasteiger partial charge in [0.1, 0.15) is 11.5 Å². The van der Waals surface area contributed by atoms with Gasteiger partial charge in [0.15, 0.2) is 6.61 Å². The monoisotopic (exact) mass is 347 g/mol. The largest absolute Gasteiger partial charge is 0.506 e. The highest BCUT2D eigenvalue weighted by molar-refractivity contribution is 5.93. The Morgan fingerprint density at radius 1 is 1.16 bits per heavy atom. The summed E-state index contributed by atoms with van der Waals surface area (Å²) in [7, 11) is 0. The van der Waals surface area contributed by atoms with Gasteiger partial charge in [-0.05, 0) is 25.1 Å². The summed E-state index contributed by atoms with van der Waals surface area (Å²) in [6.07, 6.45) is 0. The number of amides is 1. The molecule has 2 N–H and O–H groups in total. The molecule has 25 heavy (non-hydrogen) atoms. The van der Waals surface area contributed by atoms with Gasteiger partial charge in [-0.15, -0.1) is 0 Å². The third-order valence-corrected chi connectivity index (χ3v) is 3.20. The number of ether oxygens (including phenoxy) is 1. The minimum atomic E-state index is -0.661. The van der Waals surface area contributed by atoms with E-state index < -0.39 is 22.4 Å². The molecule has 10 heteroatoms. The third kappa shape index (κ3) is 4.41. The Bertz CT molecular complexity index is 851. The number of carbonyl (C=O) groups excluding carboxylic acids is 1. The van der Waals surface area contributed by atoms with Crippen LogP contribution in [0.2, 0.25) is 0 Å². The molecule has 10 nitrogen and oxygen atoms in total. The maximum atomic E-state index is 11.9. The van der Waals surface area contributed by atoms with E-state index in [0.717, 1.165) is 18.2 Å². The van der Waals surface area contributed by atoms with Crippen LogP contribution in [0.3, 0.4) is 0 Å². The van der Waals surface area contributed by atoms with Crippen LogP contribution in [0.25, 0.3) is 0 Å². The molecule has 0 fully saturated rings. The standard InChI is InChI=1S/C15H13N3O7/c1-9-6-11(3-4-13(9)18(23)24)25-8-15(20)16-12-7-10(17(21)22)2-5-14(12)19/h2-7,19H,8H2,1H3,(H,16,20). The molecule has 0 bridgehead atoms. The van der Waals surface area contributed by atoms with Gasteiger partial charge < -0.3 is 15.2 Å². The third-order valence-electron chi connectivity index (χ3n) is 3.20. The molecule has 0 aliphatic carbocycles. The smallest absolute Gasteiger partial charge is 0.272 e. The topological polar surface area (TPSA) is 145 Å². The van der Waals surface area contributed by atoms with E-state index in [1.54, 1.807) is 0 Å². The number of carbonyl (C=O) groups is 1. The molecule has 2 rings (SSSR count). The second-order valence-corrected chi connectivity index (χ2v) is 5.00. The molecule has 0 unspecified atom stereocenters. The first-order valence-corrected chi connectivity index (χ1v) is 6.93. The lowest BCUT2D eigenvalue weighted by atomic mass is 10.2. The predicted octanol–water partition coefficient (Wildman–Crippen LogP) is 2.53. The van der Waals surface area contributed by atoms with Crippen molar-refractivity contribution in [1.82, 2.24) is 0 Å². The van der Waals surface area contributed by atoms with Gasteiger partial charge in [0.05, 0.1) is 15.5 Å². The molecule has 0 aliphatic heterocycles. The number of aryl methyl sites for hydroxylation is 1. The van der Waals surface area contributed by atoms with E-state index in [2.05, 4.69) is 5.32 Å². The minimum Gasteiger partial charge on any atom is -0.506 e. The molecule has 0 spiro atoms. The molecule has 0 saturated heterocycles. The fourth-order valence-electron chi connectivity index (χ4n) is 2.00. The van der Waals surface area contributed by atoms with E-state index >= 15 is 0 Å². The number of phenolic OH excluding ortho intramolecular Hbond substituents is 1. The molecule has 0 heterocycles. The average molecular weight is 347 g/mol. The quantitative estimate of drug-likeness (QED) is 0.464. The summed E-state index contributed by atoms with van der Waals surface area (Å²) < 4.78 is 5.22. The molecule has 0 saturated carbocycles. The Kier molecular flexibility index (Phi) is 5.12. The zero-order valence-corrected chi connectivity index (χ0v) is 13.0. The number of phenols is 1. The Hall–Kier alpha value is -3.69. The Balaban J connectivity index is 2.02. The lowest BCUT2D eigenvalue weighted by molar-refractivity contribution is -0.385. The normalized spacial score (nSPS) is 10.1. The van der Waals surface area contributed by atoms with Crippen LogP contribution in [-0.2, 0) is 4.79 Å². The van der Waals surface area contributed by atoms with Crippen LogP contribution in [0.1, 0.15) is 5.56 Å². The van der Waals surface area contributed by atoms with E-state index in [1.807, 2.05) is 0 Å². The number of hydrogen-bond donors (Lipinski definition) is 2. The molecule has 0 radical (unpaired) electrons. The van der Waals surface area contributed by atoms with Crippen LogP contribution >= 0.6 is 0 Å². The van der Waals surface area contributed by atoms with Crippen molar-refractivity contribution in [2.24, 2.45) is 0 Å². The Morgan fingerprint density at radius 3 is 2.48 bits per heavy atom. The van der Waals surface area contributed by atoms with Gasteiger partial charge in [-0.25, -0.2) is 0 Å². The highest BCUT2D eigenvalue weighted by Crippen LogP contribution is 2.28. The van der Waals surface area contributed by atoms with Gasteiger partial charge >= 0.3 is 0 Å². The first-order valence-electron chi connectivity index (χ1n) is 6.93. The lowest BCUT2D eigenvalue weighted by Crippen LogP contribution is -2.20. The summed E-state index contributed by atoms with van der Waals surface area (Å²) in [6, 6.07) is 7.23. The van der Waals surface area contributed by atoms with Gasteiger partial charge in [-0.1, -0.05) is 0 Å². The molecule has 130 valence electrons. The fraction of sp³-hybridized carbons (Fsp3) is 0.133. The summed E-state index contributed by atoms with van der Waals surface area (Å²) >= 11 is 0. The lowest BCUT2D eigenvalue weighted by Gasteiger charge is -2.09. The van der Waals surface area contributed by atoms with Crippen molar-refractivity contribution in [2.75, 3.05) is 11.9 Å². The number of benzene rings is 2. The number of nitro benzene ring substituents is 2. The molecule has 0 aromatic heterocycles. The van der Waals surface area contributed by atoms with Crippen LogP contribution in [-0.4, -0.2) is 27.5 Å². The first-order chi connectivity index (χ1) is 11.8. The van der Waals surface area contributed by atoms with Gasteiger partial charge in [-0.2, -0.15) is 0 Å². The fourth-order valence-corrected chi connectivity index (χ4v) is 2.00. The van der Waals surface area contributed by atoms with Gasteiger partial charge in [-0.3, -0.25) is 25.0 Å². The van der Waals surface area contributed by atoms with Gasteiger partial charge in [0.2, 0.25) is 0 Å². The van der Waals surface area contributed by atoms with Crippen LogP contribution in [0, 0.1) is 27.2 Å². The minimum absolute atomic E-state index is 0.0710. The molecule has 0 aliphatic rings. The van der Waals surface area contributed by atoms with Crippen LogP contribution in [0.15, 0.2) is 36.4 Å². The average Bonchev–Trinajstić information content (AvgIpc) is 2.54. The highest BCUT2D eigenvalue weighted by atomic mass is 16.6.